The summed E-state index contributed by atoms with van der Waals surface area (Å²) < 4.78 is 5.69. The van der Waals surface area contributed by atoms with Crippen molar-refractivity contribution in [2.45, 2.75) is 25.9 Å². The second kappa shape index (κ2) is 7.27. The van der Waals surface area contributed by atoms with Crippen LogP contribution in [0.15, 0.2) is 22.7 Å². The molecule has 1 atom stereocenters. The van der Waals surface area contributed by atoms with Gasteiger partial charge < -0.3 is 4.74 Å². The number of hydrogen-bond acceptors (Lipinski definition) is 4. The van der Waals surface area contributed by atoms with Crippen LogP contribution in [0.25, 0.3) is 0 Å². The fourth-order valence-electron chi connectivity index (χ4n) is 1.71. The molecule has 0 heterocycles. The molecule has 1 aromatic rings. The van der Waals surface area contributed by atoms with E-state index in [1.54, 1.807) is 6.07 Å². The summed E-state index contributed by atoms with van der Waals surface area (Å²) in [5.74, 6) is -0.344. The molecule has 0 N–H and O–H groups in total. The molecule has 0 radical (unpaired) electrons. The number of nitrogens with zero attached hydrogens (tertiary/aromatic N) is 2. The van der Waals surface area contributed by atoms with Crippen molar-refractivity contribution in [3.8, 4) is 6.07 Å². The molecular formula is C14H17BrN2O2. The molecule has 102 valence electrons. The van der Waals surface area contributed by atoms with Gasteiger partial charge in [0.1, 0.15) is 0 Å². The SMILES string of the molecule is COC(=O)c1ccc(Br)cc1CN(C)[C@@H](C)CC#N. The van der Waals surface area contributed by atoms with E-state index in [-0.39, 0.29) is 12.0 Å². The van der Waals surface area contributed by atoms with Crippen molar-refractivity contribution in [3.63, 3.8) is 0 Å². The Bertz CT molecular complexity index is 497. The first-order chi connectivity index (χ1) is 8.99. The molecule has 0 aliphatic rings. The highest BCUT2D eigenvalue weighted by Gasteiger charge is 2.16. The average Bonchev–Trinajstić information content (AvgIpc) is 2.38. The highest BCUT2D eigenvalue weighted by Crippen LogP contribution is 2.20. The van der Waals surface area contributed by atoms with Crippen LogP contribution in [0, 0.1) is 11.3 Å². The van der Waals surface area contributed by atoms with Gasteiger partial charge in [-0.1, -0.05) is 15.9 Å². The molecule has 0 bridgehead atoms. The molecule has 1 aromatic carbocycles. The standard InChI is InChI=1S/C14H17BrN2O2/c1-10(6-7-16)17(2)9-11-8-12(15)4-5-13(11)14(18)19-3/h4-5,8,10H,6,9H2,1-3H3/t10-/m0/s1. The van der Waals surface area contributed by atoms with Crippen LogP contribution in [0.5, 0.6) is 0 Å². The summed E-state index contributed by atoms with van der Waals surface area (Å²) in [6, 6.07) is 7.75. The molecule has 0 fully saturated rings. The van der Waals surface area contributed by atoms with Gasteiger partial charge in [-0.2, -0.15) is 5.26 Å². The van der Waals surface area contributed by atoms with Gasteiger partial charge in [0.05, 0.1) is 25.2 Å². The first-order valence-electron chi connectivity index (χ1n) is 5.93. The van der Waals surface area contributed by atoms with Gasteiger partial charge in [-0.15, -0.1) is 0 Å². The second-order valence-electron chi connectivity index (χ2n) is 4.42. The van der Waals surface area contributed by atoms with Gasteiger partial charge in [-0.25, -0.2) is 4.79 Å². The summed E-state index contributed by atoms with van der Waals surface area (Å²) in [4.78, 5) is 13.8. The van der Waals surface area contributed by atoms with Crippen LogP contribution >= 0.6 is 15.9 Å². The Hall–Kier alpha value is -1.38. The Morgan fingerprint density at radius 2 is 2.26 bits per heavy atom. The van der Waals surface area contributed by atoms with E-state index >= 15 is 0 Å². The lowest BCUT2D eigenvalue weighted by molar-refractivity contribution is 0.0598. The molecule has 19 heavy (non-hydrogen) atoms. The quantitative estimate of drug-likeness (QED) is 0.781. The smallest absolute Gasteiger partial charge is 0.338 e. The summed E-state index contributed by atoms with van der Waals surface area (Å²) in [6.07, 6.45) is 0.456. The van der Waals surface area contributed by atoms with Crippen LogP contribution in [0.3, 0.4) is 0 Å². The van der Waals surface area contributed by atoms with Crippen LogP contribution in [0.4, 0.5) is 0 Å². The van der Waals surface area contributed by atoms with Gasteiger partial charge in [-0.05, 0) is 37.7 Å². The van der Waals surface area contributed by atoms with Crippen LogP contribution in [0.2, 0.25) is 0 Å². The highest BCUT2D eigenvalue weighted by molar-refractivity contribution is 9.10. The predicted octanol–water partition coefficient (Wildman–Crippen LogP) is 2.97. The van der Waals surface area contributed by atoms with E-state index in [0.29, 0.717) is 18.5 Å². The monoisotopic (exact) mass is 324 g/mol. The van der Waals surface area contributed by atoms with Gasteiger partial charge in [0, 0.05) is 17.1 Å². The molecule has 0 saturated carbocycles. The topological polar surface area (TPSA) is 53.3 Å². The molecule has 0 aliphatic heterocycles. The summed E-state index contributed by atoms with van der Waals surface area (Å²) in [6.45, 7) is 2.58. The second-order valence-corrected chi connectivity index (χ2v) is 5.34. The Morgan fingerprint density at radius 1 is 1.58 bits per heavy atom. The third-order valence-electron chi connectivity index (χ3n) is 3.03. The van der Waals surface area contributed by atoms with E-state index < -0.39 is 0 Å². The van der Waals surface area contributed by atoms with Crippen molar-refractivity contribution in [3.05, 3.63) is 33.8 Å². The van der Waals surface area contributed by atoms with E-state index in [9.17, 15) is 4.79 Å². The average molecular weight is 325 g/mol. The molecule has 0 aliphatic carbocycles. The summed E-state index contributed by atoms with van der Waals surface area (Å²) in [5.41, 5.74) is 1.44. The van der Waals surface area contributed by atoms with E-state index in [1.165, 1.54) is 7.11 Å². The summed E-state index contributed by atoms with van der Waals surface area (Å²) in [7, 11) is 3.31. The first kappa shape index (κ1) is 15.7. The van der Waals surface area contributed by atoms with Gasteiger partial charge in [0.2, 0.25) is 0 Å². The van der Waals surface area contributed by atoms with Crippen molar-refractivity contribution >= 4 is 21.9 Å². The predicted molar refractivity (Wildman–Crippen MR) is 76.6 cm³/mol. The number of hydrogen-bond donors (Lipinski definition) is 0. The van der Waals surface area contributed by atoms with Gasteiger partial charge in [0.25, 0.3) is 0 Å². The Morgan fingerprint density at radius 3 is 2.84 bits per heavy atom. The van der Waals surface area contributed by atoms with Gasteiger partial charge >= 0.3 is 5.97 Å². The van der Waals surface area contributed by atoms with E-state index in [4.69, 9.17) is 10.00 Å². The minimum atomic E-state index is -0.344. The van der Waals surface area contributed by atoms with Crippen LogP contribution in [-0.2, 0) is 11.3 Å². The van der Waals surface area contributed by atoms with Crippen LogP contribution in [-0.4, -0.2) is 31.1 Å². The minimum Gasteiger partial charge on any atom is -0.465 e. The Kier molecular flexibility index (Phi) is 6.00. The summed E-state index contributed by atoms with van der Waals surface area (Å²) >= 11 is 3.40. The maximum absolute atomic E-state index is 11.7. The van der Waals surface area contributed by atoms with Crippen LogP contribution in [0.1, 0.15) is 29.3 Å². The van der Waals surface area contributed by atoms with E-state index in [0.717, 1.165) is 10.0 Å². The molecule has 0 spiro atoms. The number of ether oxygens (including phenoxy) is 1. The number of nitriles is 1. The highest BCUT2D eigenvalue weighted by atomic mass is 79.9. The number of carbonyl (C=O) groups excluding carboxylic acids is 1. The van der Waals surface area contributed by atoms with Crippen molar-refractivity contribution in [1.29, 1.82) is 5.26 Å². The third kappa shape index (κ3) is 4.34. The summed E-state index contributed by atoms with van der Waals surface area (Å²) in [5, 5.41) is 8.72. The lowest BCUT2D eigenvalue weighted by atomic mass is 10.1. The molecule has 0 aromatic heterocycles. The molecule has 0 unspecified atom stereocenters. The number of benzene rings is 1. The van der Waals surface area contributed by atoms with Gasteiger partial charge in [-0.3, -0.25) is 4.90 Å². The van der Waals surface area contributed by atoms with Crippen molar-refractivity contribution in [2.24, 2.45) is 0 Å². The largest absolute Gasteiger partial charge is 0.465 e. The van der Waals surface area contributed by atoms with Gasteiger partial charge in [0.15, 0.2) is 0 Å². The first-order valence-corrected chi connectivity index (χ1v) is 6.72. The Balaban J connectivity index is 2.96. The molecule has 1 rings (SSSR count). The molecular weight excluding hydrogens is 308 g/mol. The third-order valence-corrected chi connectivity index (χ3v) is 3.52. The lowest BCUT2D eigenvalue weighted by Crippen LogP contribution is -2.29. The zero-order chi connectivity index (χ0) is 14.4. The lowest BCUT2D eigenvalue weighted by Gasteiger charge is -2.23. The number of esters is 1. The number of rotatable bonds is 5. The minimum absolute atomic E-state index is 0.134. The number of methoxy groups -OCH3 is 1. The van der Waals surface area contributed by atoms with Crippen LogP contribution < -0.4 is 0 Å². The van der Waals surface area contributed by atoms with Crippen molar-refractivity contribution in [1.82, 2.24) is 4.90 Å². The molecule has 0 saturated heterocycles. The molecule has 4 nitrogen and oxygen atoms in total. The van der Waals surface area contributed by atoms with Crippen molar-refractivity contribution < 1.29 is 9.53 Å². The number of halogens is 1. The fourth-order valence-corrected chi connectivity index (χ4v) is 2.12. The zero-order valence-electron chi connectivity index (χ0n) is 11.3. The Labute approximate surface area is 122 Å². The molecule has 0 amide bonds. The van der Waals surface area contributed by atoms with E-state index in [2.05, 4.69) is 22.0 Å². The number of carbonyl (C=O) groups is 1. The van der Waals surface area contributed by atoms with E-state index in [1.807, 2.05) is 31.0 Å². The molecule has 5 heteroatoms. The zero-order valence-corrected chi connectivity index (χ0v) is 12.9. The fraction of sp³-hybridized carbons (Fsp3) is 0.429. The normalized spacial score (nSPS) is 12.0. The maximum atomic E-state index is 11.7. The maximum Gasteiger partial charge on any atom is 0.338 e. The van der Waals surface area contributed by atoms with Crippen molar-refractivity contribution in [2.75, 3.05) is 14.2 Å².